The fraction of sp³-hybridized carbons (Fsp3) is 0.385. The first-order valence-electron chi connectivity index (χ1n) is 5.13. The lowest BCUT2D eigenvalue weighted by atomic mass is 10.2. The molecule has 0 saturated carbocycles. The smallest absolute Gasteiger partial charge is 0.0313 e. The van der Waals surface area contributed by atoms with Crippen molar-refractivity contribution < 1.29 is 0 Å². The summed E-state index contributed by atoms with van der Waals surface area (Å²) in [6.45, 7) is 0. The molecule has 0 unspecified atom stereocenters. The molecule has 0 fully saturated rings. The van der Waals surface area contributed by atoms with Crippen molar-refractivity contribution in [3.8, 4) is 0 Å². The molecule has 0 N–H and O–H groups in total. The van der Waals surface area contributed by atoms with Crippen LogP contribution in [0.5, 0.6) is 0 Å². The highest BCUT2D eigenvalue weighted by Gasteiger charge is 1.81. The van der Waals surface area contributed by atoms with E-state index >= 15 is 0 Å². The molecule has 1 aliphatic carbocycles. The summed E-state index contributed by atoms with van der Waals surface area (Å²) >= 11 is 0. The van der Waals surface area contributed by atoms with Crippen molar-refractivity contribution in [3.05, 3.63) is 48.6 Å². The molecule has 0 amide bonds. The lowest BCUT2D eigenvalue weighted by Gasteiger charge is -1.89. The van der Waals surface area contributed by atoms with Crippen molar-refractivity contribution in [1.82, 2.24) is 0 Å². The largest absolute Gasteiger partial charge is 0.0885 e. The third-order valence-corrected chi connectivity index (χ3v) is 2.01. The van der Waals surface area contributed by atoms with Gasteiger partial charge in [-0.1, -0.05) is 48.6 Å². The maximum absolute atomic E-state index is 2.30. The van der Waals surface area contributed by atoms with E-state index in [2.05, 4.69) is 48.6 Å². The predicted molar refractivity (Wildman–Crippen MR) is 59.6 cm³/mol. The number of allylic oxidation sites excluding steroid dienone is 8. The van der Waals surface area contributed by atoms with Crippen LogP contribution in [0.1, 0.15) is 32.1 Å². The molecular weight excluding hydrogens is 156 g/mol. The van der Waals surface area contributed by atoms with Gasteiger partial charge in [-0.3, -0.25) is 0 Å². The molecule has 0 aromatic carbocycles. The lowest BCUT2D eigenvalue weighted by molar-refractivity contribution is 0.863. The molecule has 0 aliphatic heterocycles. The monoisotopic (exact) mass is 174 g/mol. The molecule has 0 aromatic heterocycles. The molecule has 70 valence electrons. The molecular formula is C13H18. The van der Waals surface area contributed by atoms with Crippen LogP contribution >= 0.6 is 0 Å². The van der Waals surface area contributed by atoms with Crippen LogP contribution in [-0.2, 0) is 0 Å². The quantitative estimate of drug-likeness (QED) is 0.483. The van der Waals surface area contributed by atoms with E-state index in [1.165, 1.54) is 25.7 Å². The Morgan fingerprint density at radius 3 is 1.85 bits per heavy atom. The van der Waals surface area contributed by atoms with Gasteiger partial charge in [-0.05, 0) is 32.1 Å². The van der Waals surface area contributed by atoms with E-state index in [1.54, 1.807) is 0 Å². The second-order valence-corrected chi connectivity index (χ2v) is 3.22. The van der Waals surface area contributed by atoms with Gasteiger partial charge < -0.3 is 0 Å². The van der Waals surface area contributed by atoms with E-state index in [-0.39, 0.29) is 0 Å². The average molecular weight is 174 g/mol. The Kier molecular flexibility index (Phi) is 5.87. The predicted octanol–water partition coefficient (Wildman–Crippen LogP) is 4.18. The molecule has 1 rings (SSSR count). The summed E-state index contributed by atoms with van der Waals surface area (Å²) in [6.07, 6.45) is 23.5. The SMILES string of the molecule is C1=C\CC/C=C\CCC/C=C/C=C/1. The van der Waals surface area contributed by atoms with Crippen molar-refractivity contribution in [1.29, 1.82) is 0 Å². The van der Waals surface area contributed by atoms with Crippen molar-refractivity contribution in [3.63, 3.8) is 0 Å². The molecule has 0 spiro atoms. The normalized spacial score (nSPS) is 28.9. The van der Waals surface area contributed by atoms with Crippen LogP contribution in [-0.4, -0.2) is 0 Å². The Morgan fingerprint density at radius 1 is 0.462 bits per heavy atom. The van der Waals surface area contributed by atoms with Crippen LogP contribution < -0.4 is 0 Å². The van der Waals surface area contributed by atoms with E-state index in [4.69, 9.17) is 0 Å². The highest BCUT2D eigenvalue weighted by Crippen LogP contribution is 2.01. The Hall–Kier alpha value is -1.04. The molecule has 13 heavy (non-hydrogen) atoms. The number of hydrogen-bond donors (Lipinski definition) is 0. The lowest BCUT2D eigenvalue weighted by Crippen LogP contribution is -1.69. The minimum absolute atomic E-state index is 1.16. The molecule has 0 aromatic rings. The van der Waals surface area contributed by atoms with Gasteiger partial charge in [-0.25, -0.2) is 0 Å². The van der Waals surface area contributed by atoms with Gasteiger partial charge in [0.05, 0.1) is 0 Å². The average Bonchev–Trinajstić information content (AvgIpc) is 2.18. The summed E-state index contributed by atoms with van der Waals surface area (Å²) in [5.41, 5.74) is 0. The summed E-state index contributed by atoms with van der Waals surface area (Å²) in [4.78, 5) is 0. The van der Waals surface area contributed by atoms with Crippen LogP contribution in [0.3, 0.4) is 0 Å². The van der Waals surface area contributed by atoms with Gasteiger partial charge in [-0.2, -0.15) is 0 Å². The Labute approximate surface area is 81.4 Å². The van der Waals surface area contributed by atoms with E-state index in [0.29, 0.717) is 0 Å². The molecule has 0 nitrogen and oxygen atoms in total. The molecule has 0 heteroatoms. The Balaban J connectivity index is 2.38. The zero-order valence-corrected chi connectivity index (χ0v) is 8.15. The van der Waals surface area contributed by atoms with Crippen molar-refractivity contribution in [2.75, 3.05) is 0 Å². The highest BCUT2D eigenvalue weighted by atomic mass is 13.9. The first-order chi connectivity index (χ1) is 6.50. The van der Waals surface area contributed by atoms with Gasteiger partial charge in [0.15, 0.2) is 0 Å². The van der Waals surface area contributed by atoms with Crippen LogP contribution in [0.15, 0.2) is 48.6 Å². The topological polar surface area (TPSA) is 0 Å². The maximum atomic E-state index is 2.30. The fourth-order valence-electron chi connectivity index (χ4n) is 1.26. The zero-order valence-electron chi connectivity index (χ0n) is 8.15. The summed E-state index contributed by atoms with van der Waals surface area (Å²) in [5, 5.41) is 0. The van der Waals surface area contributed by atoms with Gasteiger partial charge >= 0.3 is 0 Å². The highest BCUT2D eigenvalue weighted by molar-refractivity contribution is 5.11. The van der Waals surface area contributed by atoms with Crippen LogP contribution in [0, 0.1) is 0 Å². The van der Waals surface area contributed by atoms with Gasteiger partial charge in [0.25, 0.3) is 0 Å². The standard InChI is InChI=1S/C13H18/c1-2-4-6-8-10-12-13-11-9-7-5-3-1/h1-6,11,13H,7-10,12H2/b2-1+,5-3-,6-4+,13-11-. The second-order valence-electron chi connectivity index (χ2n) is 3.22. The third-order valence-electron chi connectivity index (χ3n) is 2.01. The van der Waals surface area contributed by atoms with Crippen molar-refractivity contribution in [2.24, 2.45) is 0 Å². The molecule has 0 heterocycles. The summed E-state index contributed by atoms with van der Waals surface area (Å²) in [5.74, 6) is 0. The van der Waals surface area contributed by atoms with E-state index in [9.17, 15) is 0 Å². The number of hydrogen-bond acceptors (Lipinski definition) is 0. The minimum atomic E-state index is 1.16. The van der Waals surface area contributed by atoms with Gasteiger partial charge in [0.2, 0.25) is 0 Å². The maximum Gasteiger partial charge on any atom is -0.0313 e. The first-order valence-corrected chi connectivity index (χ1v) is 5.13. The first kappa shape index (κ1) is 10.0. The minimum Gasteiger partial charge on any atom is -0.0885 e. The van der Waals surface area contributed by atoms with Crippen molar-refractivity contribution >= 4 is 0 Å². The van der Waals surface area contributed by atoms with Gasteiger partial charge in [0.1, 0.15) is 0 Å². The summed E-state index contributed by atoms with van der Waals surface area (Å²) < 4.78 is 0. The van der Waals surface area contributed by atoms with E-state index < -0.39 is 0 Å². The van der Waals surface area contributed by atoms with E-state index in [0.717, 1.165) is 6.42 Å². The van der Waals surface area contributed by atoms with Gasteiger partial charge in [-0.15, -0.1) is 0 Å². The second kappa shape index (κ2) is 7.60. The molecule has 0 saturated heterocycles. The Morgan fingerprint density at radius 2 is 1.00 bits per heavy atom. The molecule has 0 bridgehead atoms. The summed E-state index contributed by atoms with van der Waals surface area (Å²) in [6, 6.07) is 0. The zero-order chi connectivity index (χ0) is 9.19. The molecule has 1 aliphatic rings. The fourth-order valence-corrected chi connectivity index (χ4v) is 1.26. The summed E-state index contributed by atoms with van der Waals surface area (Å²) in [7, 11) is 0. The Bertz CT molecular complexity index is 216. The van der Waals surface area contributed by atoms with Crippen LogP contribution in [0.4, 0.5) is 0 Å². The third kappa shape index (κ3) is 6.15. The molecule has 0 atom stereocenters. The van der Waals surface area contributed by atoms with Crippen LogP contribution in [0.2, 0.25) is 0 Å². The molecule has 0 radical (unpaired) electrons. The van der Waals surface area contributed by atoms with Crippen LogP contribution in [0.25, 0.3) is 0 Å². The van der Waals surface area contributed by atoms with E-state index in [1.807, 2.05) is 0 Å². The van der Waals surface area contributed by atoms with Crippen molar-refractivity contribution in [2.45, 2.75) is 32.1 Å². The number of rotatable bonds is 0. The van der Waals surface area contributed by atoms with Gasteiger partial charge in [0, 0.05) is 0 Å².